The maximum absolute atomic E-state index is 3.98. The van der Waals surface area contributed by atoms with Gasteiger partial charge in [0.2, 0.25) is 0 Å². The van der Waals surface area contributed by atoms with Gasteiger partial charge in [-0.15, -0.1) is 0 Å². The molecule has 2 aliphatic rings. The van der Waals surface area contributed by atoms with Gasteiger partial charge >= 0.3 is 0 Å². The van der Waals surface area contributed by atoms with E-state index in [9.17, 15) is 0 Å². The van der Waals surface area contributed by atoms with Crippen LogP contribution in [0.1, 0.15) is 70.3 Å². The number of aromatic nitrogens is 2. The second-order valence-corrected chi connectivity index (χ2v) is 8.29. The van der Waals surface area contributed by atoms with Gasteiger partial charge in [-0.05, 0) is 56.7 Å². The Morgan fingerprint density at radius 3 is 2.31 bits per heavy atom. The molecule has 0 atom stereocenters. The van der Waals surface area contributed by atoms with Crippen LogP contribution in [0.25, 0.3) is 16.4 Å². The van der Waals surface area contributed by atoms with Crippen molar-refractivity contribution in [1.82, 2.24) is 4.40 Å². The van der Waals surface area contributed by atoms with Crippen molar-refractivity contribution in [1.29, 1.82) is 0 Å². The van der Waals surface area contributed by atoms with Gasteiger partial charge in [-0.1, -0.05) is 43.9 Å². The zero-order chi connectivity index (χ0) is 17.3. The monoisotopic (exact) mass is 348 g/mol. The fourth-order valence-electron chi connectivity index (χ4n) is 5.08. The zero-order valence-corrected chi connectivity index (χ0v) is 15.7. The number of rotatable bonds is 3. The highest BCUT2D eigenvalue weighted by molar-refractivity contribution is 5.85. The summed E-state index contributed by atoms with van der Waals surface area (Å²) in [6.07, 6.45) is 15.9. The number of benzene rings is 1. The van der Waals surface area contributed by atoms with Gasteiger partial charge in [0.1, 0.15) is 5.52 Å². The predicted molar refractivity (Wildman–Crippen MR) is 108 cm³/mol. The standard InChI is InChI=1S/C23H30N3/c1-3-10-19(11-4-1)24-23-22-16-15-18-9-7-8-14-21(18)26(22)17-25(23)20-12-5-2-6-13-20/h7-9,14-17,19-20,24H,1-6,10-13H2/q+1. The minimum atomic E-state index is 0.635. The van der Waals surface area contributed by atoms with Crippen LogP contribution in [-0.2, 0) is 0 Å². The second-order valence-electron chi connectivity index (χ2n) is 8.29. The molecule has 0 amide bonds. The summed E-state index contributed by atoms with van der Waals surface area (Å²) in [4.78, 5) is 0. The SMILES string of the molecule is c1ccc2c(c1)ccc1c(NC3CCCCC3)[n+](C3CCCCC3)cn12. The summed E-state index contributed by atoms with van der Waals surface area (Å²) < 4.78 is 4.99. The zero-order valence-electron chi connectivity index (χ0n) is 15.7. The molecule has 1 aromatic carbocycles. The number of anilines is 1. The third kappa shape index (κ3) is 2.87. The minimum Gasteiger partial charge on any atom is -0.300 e. The molecule has 3 nitrogen and oxygen atoms in total. The molecule has 0 aliphatic heterocycles. The molecular formula is C23H30N3+. The molecule has 0 spiro atoms. The lowest BCUT2D eigenvalue weighted by Crippen LogP contribution is -2.43. The first-order valence-electron chi connectivity index (χ1n) is 10.6. The van der Waals surface area contributed by atoms with E-state index in [4.69, 9.17) is 0 Å². The average molecular weight is 349 g/mol. The Kier molecular flexibility index (Phi) is 4.32. The van der Waals surface area contributed by atoms with Crippen LogP contribution in [0.4, 0.5) is 5.82 Å². The summed E-state index contributed by atoms with van der Waals surface area (Å²) in [5, 5.41) is 5.29. The molecule has 0 radical (unpaired) electrons. The first kappa shape index (κ1) is 16.2. The van der Waals surface area contributed by atoms with Crippen molar-refractivity contribution in [2.45, 2.75) is 76.3 Å². The lowest BCUT2D eigenvalue weighted by atomic mass is 9.94. The summed E-state index contributed by atoms with van der Waals surface area (Å²) in [6.45, 7) is 0. The molecule has 2 fully saturated rings. The van der Waals surface area contributed by atoms with Crippen molar-refractivity contribution in [3.05, 3.63) is 42.7 Å². The van der Waals surface area contributed by atoms with E-state index in [2.05, 4.69) is 57.0 Å². The minimum absolute atomic E-state index is 0.635. The lowest BCUT2D eigenvalue weighted by Gasteiger charge is -2.24. The smallest absolute Gasteiger partial charge is 0.261 e. The quantitative estimate of drug-likeness (QED) is 0.608. The maximum atomic E-state index is 3.98. The van der Waals surface area contributed by atoms with Crippen molar-refractivity contribution in [2.75, 3.05) is 5.32 Å². The predicted octanol–water partition coefficient (Wildman–Crippen LogP) is 5.63. The summed E-state index contributed by atoms with van der Waals surface area (Å²) in [6, 6.07) is 14.6. The van der Waals surface area contributed by atoms with E-state index < -0.39 is 0 Å². The highest BCUT2D eigenvalue weighted by Crippen LogP contribution is 2.30. The Labute approximate surface area is 156 Å². The van der Waals surface area contributed by atoms with E-state index >= 15 is 0 Å². The lowest BCUT2D eigenvalue weighted by molar-refractivity contribution is -0.711. The number of nitrogens with zero attached hydrogens (tertiary/aromatic N) is 2. The van der Waals surface area contributed by atoms with Crippen molar-refractivity contribution in [2.24, 2.45) is 0 Å². The summed E-state index contributed by atoms with van der Waals surface area (Å²) in [7, 11) is 0. The molecule has 2 heterocycles. The fourth-order valence-corrected chi connectivity index (χ4v) is 5.08. The number of hydrogen-bond acceptors (Lipinski definition) is 1. The van der Waals surface area contributed by atoms with Gasteiger partial charge in [-0.25, -0.2) is 8.97 Å². The molecule has 5 rings (SSSR count). The molecule has 2 aliphatic carbocycles. The number of hydrogen-bond donors (Lipinski definition) is 1. The molecule has 0 unspecified atom stereocenters. The Hall–Kier alpha value is -2.03. The molecule has 3 heteroatoms. The highest BCUT2D eigenvalue weighted by atomic mass is 15.2. The van der Waals surface area contributed by atoms with E-state index in [1.807, 2.05) is 0 Å². The summed E-state index contributed by atoms with van der Waals surface area (Å²) in [5.41, 5.74) is 2.64. The van der Waals surface area contributed by atoms with Crippen molar-refractivity contribution >= 4 is 22.2 Å². The maximum Gasteiger partial charge on any atom is 0.261 e. The van der Waals surface area contributed by atoms with Crippen LogP contribution < -0.4 is 9.88 Å². The van der Waals surface area contributed by atoms with Crippen LogP contribution in [0.5, 0.6) is 0 Å². The Balaban J connectivity index is 1.64. The van der Waals surface area contributed by atoms with Crippen molar-refractivity contribution in [3.63, 3.8) is 0 Å². The number of nitrogens with one attached hydrogen (secondary N) is 1. The van der Waals surface area contributed by atoms with E-state index in [1.165, 1.54) is 86.4 Å². The van der Waals surface area contributed by atoms with Crippen LogP contribution in [0.2, 0.25) is 0 Å². The third-order valence-electron chi connectivity index (χ3n) is 6.53. The van der Waals surface area contributed by atoms with Gasteiger partial charge in [0.25, 0.3) is 5.82 Å². The topological polar surface area (TPSA) is 20.3 Å². The first-order chi connectivity index (χ1) is 12.9. The molecule has 0 saturated heterocycles. The summed E-state index contributed by atoms with van der Waals surface area (Å²) in [5.74, 6) is 1.36. The fraction of sp³-hybridized carbons (Fsp3) is 0.522. The van der Waals surface area contributed by atoms with Crippen LogP contribution in [0.3, 0.4) is 0 Å². The number of pyridine rings is 1. The molecule has 136 valence electrons. The number of fused-ring (bicyclic) bond motifs is 3. The molecule has 2 saturated carbocycles. The number of imidazole rings is 1. The molecule has 2 aromatic heterocycles. The molecule has 3 aromatic rings. The van der Waals surface area contributed by atoms with Crippen LogP contribution in [-0.4, -0.2) is 10.4 Å². The molecule has 0 bridgehead atoms. The highest BCUT2D eigenvalue weighted by Gasteiger charge is 2.28. The van der Waals surface area contributed by atoms with Crippen molar-refractivity contribution < 1.29 is 4.57 Å². The molecular weight excluding hydrogens is 318 g/mol. The normalized spacial score (nSPS) is 20.0. The van der Waals surface area contributed by atoms with E-state index in [1.54, 1.807) is 0 Å². The van der Waals surface area contributed by atoms with E-state index in [0.717, 1.165) is 0 Å². The summed E-state index contributed by atoms with van der Waals surface area (Å²) >= 11 is 0. The van der Waals surface area contributed by atoms with Crippen molar-refractivity contribution in [3.8, 4) is 0 Å². The Bertz CT molecular complexity index is 898. The van der Waals surface area contributed by atoms with Gasteiger partial charge in [0.15, 0.2) is 11.8 Å². The van der Waals surface area contributed by atoms with E-state index in [0.29, 0.717) is 12.1 Å². The first-order valence-corrected chi connectivity index (χ1v) is 10.6. The van der Waals surface area contributed by atoms with Crippen LogP contribution >= 0.6 is 0 Å². The molecule has 26 heavy (non-hydrogen) atoms. The van der Waals surface area contributed by atoms with Gasteiger partial charge in [-0.3, -0.25) is 5.32 Å². The van der Waals surface area contributed by atoms with Gasteiger partial charge in [0, 0.05) is 5.39 Å². The van der Waals surface area contributed by atoms with Gasteiger partial charge in [0.05, 0.1) is 12.1 Å². The van der Waals surface area contributed by atoms with Gasteiger partial charge < -0.3 is 0 Å². The van der Waals surface area contributed by atoms with Crippen LogP contribution in [0.15, 0.2) is 42.7 Å². The second kappa shape index (κ2) is 6.94. The average Bonchev–Trinajstić information content (AvgIpc) is 3.08. The molecule has 1 N–H and O–H groups in total. The van der Waals surface area contributed by atoms with Gasteiger partial charge in [-0.2, -0.15) is 0 Å². The van der Waals surface area contributed by atoms with E-state index in [-0.39, 0.29) is 0 Å². The Morgan fingerprint density at radius 1 is 0.769 bits per heavy atom. The third-order valence-corrected chi connectivity index (χ3v) is 6.53. The van der Waals surface area contributed by atoms with Crippen LogP contribution in [0, 0.1) is 0 Å². The Morgan fingerprint density at radius 2 is 1.50 bits per heavy atom. The largest absolute Gasteiger partial charge is 0.300 e. The number of para-hydroxylation sites is 1.